The number of ether oxygens (including phenoxy) is 2. The van der Waals surface area contributed by atoms with Crippen molar-refractivity contribution in [3.05, 3.63) is 0 Å². The van der Waals surface area contributed by atoms with Crippen LogP contribution in [0.4, 0.5) is 17.6 Å². The molecule has 1 aliphatic heterocycles. The largest absolute Gasteiger partial charge is 0.490 e. The highest BCUT2D eigenvalue weighted by Gasteiger charge is 2.55. The maximum absolute atomic E-state index is 14.8. The van der Waals surface area contributed by atoms with E-state index in [1.807, 2.05) is 13.8 Å². The molecule has 7 nitrogen and oxygen atoms in total. The summed E-state index contributed by atoms with van der Waals surface area (Å²) in [4.78, 5) is 22.6. The molecule has 0 aromatic heterocycles. The van der Waals surface area contributed by atoms with Crippen LogP contribution < -0.4 is 0 Å². The van der Waals surface area contributed by atoms with Gasteiger partial charge in [0, 0.05) is 12.6 Å². The highest BCUT2D eigenvalue weighted by atomic mass is 35.5. The second kappa shape index (κ2) is 9.91. The lowest BCUT2D eigenvalue weighted by atomic mass is 9.82. The van der Waals surface area contributed by atoms with Crippen molar-refractivity contribution in [1.29, 1.82) is 5.26 Å². The fourth-order valence-electron chi connectivity index (χ4n) is 3.15. The summed E-state index contributed by atoms with van der Waals surface area (Å²) in [6, 6.07) is 0.883. The van der Waals surface area contributed by atoms with Gasteiger partial charge in [-0.25, -0.2) is 14.1 Å². The van der Waals surface area contributed by atoms with E-state index in [1.165, 1.54) is 6.07 Å². The van der Waals surface area contributed by atoms with Crippen molar-refractivity contribution in [1.82, 2.24) is 4.90 Å². The lowest BCUT2D eigenvalue weighted by Crippen LogP contribution is -2.49. The number of halogens is 5. The zero-order chi connectivity index (χ0) is 22.5. The Bertz CT molecular complexity index is 640. The summed E-state index contributed by atoms with van der Waals surface area (Å²) >= 11 is 5.96. The Labute approximate surface area is 170 Å². The lowest BCUT2D eigenvalue weighted by molar-refractivity contribution is -0.200. The van der Waals surface area contributed by atoms with Gasteiger partial charge in [-0.2, -0.15) is 18.4 Å². The molecule has 0 aromatic carbocycles. The summed E-state index contributed by atoms with van der Waals surface area (Å²) in [5.41, 5.74) is -0.471. The van der Waals surface area contributed by atoms with E-state index in [9.17, 15) is 27.2 Å². The topological polar surface area (TPSA) is 99.9 Å². The number of rotatable bonds is 10. The van der Waals surface area contributed by atoms with Crippen LogP contribution in [0.15, 0.2) is 0 Å². The zero-order valence-electron chi connectivity index (χ0n) is 16.0. The molecule has 0 aliphatic carbocycles. The predicted molar refractivity (Wildman–Crippen MR) is 92.7 cm³/mol. The first kappa shape index (κ1) is 25.4. The van der Waals surface area contributed by atoms with Crippen LogP contribution in [0, 0.1) is 16.7 Å². The standard InChI is InChI=1S/C17H23ClF4N2O5/c1-15(2,3-4-28-5-6-29-14(27)17(20,21)22)8-11-7-12(18)16(19,10-23)24(11)9-13(25)26/h11-12H,3-9H2,1-2H3,(H,25,26). The van der Waals surface area contributed by atoms with Crippen LogP contribution >= 0.6 is 11.6 Å². The molecule has 1 heterocycles. The van der Waals surface area contributed by atoms with Crippen LogP contribution in [0.5, 0.6) is 0 Å². The highest BCUT2D eigenvalue weighted by molar-refractivity contribution is 6.21. The Morgan fingerprint density at radius 3 is 2.45 bits per heavy atom. The molecular weight excluding hydrogens is 424 g/mol. The van der Waals surface area contributed by atoms with Gasteiger partial charge in [0.15, 0.2) is 0 Å². The molecule has 0 saturated carbocycles. The maximum atomic E-state index is 14.8. The van der Waals surface area contributed by atoms with Crippen molar-refractivity contribution < 1.29 is 41.7 Å². The smallest absolute Gasteiger partial charge is 0.480 e. The third kappa shape index (κ3) is 7.28. The molecule has 1 fully saturated rings. The number of carbonyl (C=O) groups excluding carboxylic acids is 1. The monoisotopic (exact) mass is 446 g/mol. The normalized spacial score (nSPS) is 25.6. The lowest BCUT2D eigenvalue weighted by Gasteiger charge is -2.34. The summed E-state index contributed by atoms with van der Waals surface area (Å²) in [5.74, 6) is -6.16. The number of alkyl halides is 5. The van der Waals surface area contributed by atoms with E-state index in [4.69, 9.17) is 26.7 Å². The molecule has 166 valence electrons. The van der Waals surface area contributed by atoms with Crippen LogP contribution in [0.1, 0.15) is 33.1 Å². The van der Waals surface area contributed by atoms with Gasteiger partial charge in [0.25, 0.3) is 5.79 Å². The third-order valence-corrected chi connectivity index (χ3v) is 5.09. The molecule has 0 spiro atoms. The number of carbonyl (C=O) groups is 2. The van der Waals surface area contributed by atoms with Crippen molar-refractivity contribution in [2.24, 2.45) is 5.41 Å². The first-order valence-electron chi connectivity index (χ1n) is 8.77. The third-order valence-electron chi connectivity index (χ3n) is 4.62. The summed E-state index contributed by atoms with van der Waals surface area (Å²) < 4.78 is 60.0. The number of aliphatic carboxylic acids is 1. The van der Waals surface area contributed by atoms with Gasteiger partial charge in [-0.05, 0) is 24.7 Å². The van der Waals surface area contributed by atoms with E-state index >= 15 is 0 Å². The van der Waals surface area contributed by atoms with E-state index in [-0.39, 0.29) is 19.6 Å². The van der Waals surface area contributed by atoms with E-state index < -0.39 is 53.9 Å². The number of carboxylic acids is 1. The summed E-state index contributed by atoms with van der Waals surface area (Å²) in [7, 11) is 0. The number of hydrogen-bond donors (Lipinski definition) is 1. The fourth-order valence-corrected chi connectivity index (χ4v) is 3.53. The molecule has 12 heteroatoms. The van der Waals surface area contributed by atoms with E-state index in [1.54, 1.807) is 0 Å². The van der Waals surface area contributed by atoms with E-state index in [0.717, 1.165) is 4.90 Å². The summed E-state index contributed by atoms with van der Waals surface area (Å²) in [5, 5.41) is 17.0. The number of carboxylic acid groups (broad SMARTS) is 1. The van der Waals surface area contributed by atoms with Crippen molar-refractivity contribution in [3.63, 3.8) is 0 Å². The Kier molecular flexibility index (Phi) is 8.68. The van der Waals surface area contributed by atoms with Crippen molar-refractivity contribution in [2.75, 3.05) is 26.4 Å². The van der Waals surface area contributed by atoms with E-state index in [0.29, 0.717) is 12.8 Å². The van der Waals surface area contributed by atoms with Crippen LogP contribution in [0.2, 0.25) is 0 Å². The molecule has 0 aromatic rings. The molecule has 1 saturated heterocycles. The van der Waals surface area contributed by atoms with Crippen LogP contribution in [-0.2, 0) is 19.1 Å². The van der Waals surface area contributed by atoms with Crippen LogP contribution in [0.3, 0.4) is 0 Å². The molecule has 1 N–H and O–H groups in total. The number of esters is 1. The molecule has 0 amide bonds. The van der Waals surface area contributed by atoms with Gasteiger partial charge >= 0.3 is 18.1 Å². The molecule has 3 atom stereocenters. The number of hydrogen-bond acceptors (Lipinski definition) is 6. The molecule has 0 bridgehead atoms. The van der Waals surface area contributed by atoms with Crippen LogP contribution in [0.25, 0.3) is 0 Å². The van der Waals surface area contributed by atoms with E-state index in [2.05, 4.69) is 4.74 Å². The molecule has 0 radical (unpaired) electrons. The van der Waals surface area contributed by atoms with Crippen molar-refractivity contribution in [3.8, 4) is 6.07 Å². The van der Waals surface area contributed by atoms with Crippen molar-refractivity contribution in [2.45, 2.75) is 56.5 Å². The molecular formula is C17H23ClF4N2O5. The van der Waals surface area contributed by atoms with Crippen LogP contribution in [-0.4, -0.2) is 71.7 Å². The number of nitriles is 1. The SMILES string of the molecule is CC(C)(CCOCCOC(=O)C(F)(F)F)CC1CC(Cl)C(F)(C#N)N1CC(=O)O. The van der Waals surface area contributed by atoms with Gasteiger partial charge in [0.1, 0.15) is 19.2 Å². The van der Waals surface area contributed by atoms with Gasteiger partial charge in [-0.1, -0.05) is 13.8 Å². The van der Waals surface area contributed by atoms with Gasteiger partial charge in [-0.3, -0.25) is 4.79 Å². The number of nitrogens with zero attached hydrogens (tertiary/aromatic N) is 2. The first-order chi connectivity index (χ1) is 13.2. The van der Waals surface area contributed by atoms with Crippen molar-refractivity contribution >= 4 is 23.5 Å². The first-order valence-corrected chi connectivity index (χ1v) is 9.21. The maximum Gasteiger partial charge on any atom is 0.490 e. The molecule has 29 heavy (non-hydrogen) atoms. The molecule has 1 rings (SSSR count). The summed E-state index contributed by atoms with van der Waals surface area (Å²) in [6.45, 7) is 2.34. The Hall–Kier alpha value is -1.64. The minimum Gasteiger partial charge on any atom is -0.480 e. The predicted octanol–water partition coefficient (Wildman–Crippen LogP) is 2.87. The Balaban J connectivity index is 2.51. The van der Waals surface area contributed by atoms with Gasteiger partial charge in [0.2, 0.25) is 0 Å². The van der Waals surface area contributed by atoms with Gasteiger partial charge in [-0.15, -0.1) is 11.6 Å². The fraction of sp³-hybridized carbons (Fsp3) is 0.824. The minimum absolute atomic E-state index is 0.0938. The quantitative estimate of drug-likeness (QED) is 0.181. The average molecular weight is 447 g/mol. The summed E-state index contributed by atoms with van der Waals surface area (Å²) in [6.07, 6.45) is -4.23. The Morgan fingerprint density at radius 2 is 1.93 bits per heavy atom. The highest BCUT2D eigenvalue weighted by Crippen LogP contribution is 2.43. The van der Waals surface area contributed by atoms with Gasteiger partial charge in [0.05, 0.1) is 12.0 Å². The zero-order valence-corrected chi connectivity index (χ0v) is 16.7. The molecule has 3 unspecified atom stereocenters. The second-order valence-electron chi connectivity index (χ2n) is 7.53. The minimum atomic E-state index is -5.06. The Morgan fingerprint density at radius 1 is 1.31 bits per heavy atom. The number of likely N-dealkylation sites (tertiary alicyclic amines) is 1. The van der Waals surface area contributed by atoms with Gasteiger partial charge < -0.3 is 14.6 Å². The average Bonchev–Trinajstić information content (AvgIpc) is 2.80. The molecule has 1 aliphatic rings. The second-order valence-corrected chi connectivity index (χ2v) is 8.06.